The third-order valence-corrected chi connectivity index (χ3v) is 3.24. The van der Waals surface area contributed by atoms with E-state index < -0.39 is 6.10 Å². The Balaban J connectivity index is 1.62. The lowest BCUT2D eigenvalue weighted by Gasteiger charge is -2.16. The fourth-order valence-electron chi connectivity index (χ4n) is 2.14. The monoisotopic (exact) mass is 271 g/mol. The second-order valence-electron chi connectivity index (χ2n) is 4.80. The molecule has 0 amide bonds. The average molecular weight is 271 g/mol. The van der Waals surface area contributed by atoms with Crippen molar-refractivity contribution in [1.82, 2.24) is 0 Å². The first kappa shape index (κ1) is 13.0. The topological polar surface area (TPSA) is 50.7 Å². The van der Waals surface area contributed by atoms with Crippen LogP contribution < -0.4 is 10.1 Å². The van der Waals surface area contributed by atoms with Gasteiger partial charge in [-0.2, -0.15) is 0 Å². The van der Waals surface area contributed by atoms with Crippen LogP contribution in [0.1, 0.15) is 0 Å². The molecule has 1 heterocycles. The molecule has 1 aliphatic rings. The van der Waals surface area contributed by atoms with Crippen molar-refractivity contribution in [3.05, 3.63) is 54.6 Å². The molecule has 1 saturated heterocycles. The van der Waals surface area contributed by atoms with Crippen molar-refractivity contribution >= 4 is 5.69 Å². The Labute approximate surface area is 118 Å². The molecule has 0 spiro atoms. The molecule has 3 rings (SSSR count). The molecular weight excluding hydrogens is 254 g/mol. The van der Waals surface area contributed by atoms with Gasteiger partial charge in [-0.15, -0.1) is 0 Å². The number of hydrogen-bond donors (Lipinski definition) is 2. The van der Waals surface area contributed by atoms with Crippen molar-refractivity contribution in [3.63, 3.8) is 0 Å². The van der Waals surface area contributed by atoms with Crippen molar-refractivity contribution in [2.24, 2.45) is 0 Å². The van der Waals surface area contributed by atoms with E-state index in [1.807, 2.05) is 54.6 Å². The van der Waals surface area contributed by atoms with Gasteiger partial charge in [-0.25, -0.2) is 0 Å². The highest BCUT2D eigenvalue weighted by Crippen LogP contribution is 2.23. The summed E-state index contributed by atoms with van der Waals surface area (Å²) in [4.78, 5) is 0. The van der Waals surface area contributed by atoms with Crippen LogP contribution in [0.3, 0.4) is 0 Å². The summed E-state index contributed by atoms with van der Waals surface area (Å²) in [6.07, 6.45) is -0.449. The molecule has 104 valence electrons. The van der Waals surface area contributed by atoms with Crippen LogP contribution in [0.15, 0.2) is 54.6 Å². The summed E-state index contributed by atoms with van der Waals surface area (Å²) in [5.41, 5.74) is 0.944. The number of hydrogen-bond acceptors (Lipinski definition) is 4. The van der Waals surface area contributed by atoms with Gasteiger partial charge in [-0.05, 0) is 36.4 Å². The van der Waals surface area contributed by atoms with Gasteiger partial charge in [-0.1, -0.05) is 18.2 Å². The van der Waals surface area contributed by atoms with E-state index in [2.05, 4.69) is 5.32 Å². The minimum atomic E-state index is -0.449. The summed E-state index contributed by atoms with van der Waals surface area (Å²) >= 11 is 0. The summed E-state index contributed by atoms with van der Waals surface area (Å²) in [5.74, 6) is 1.60. The molecule has 0 aromatic heterocycles. The maximum absolute atomic E-state index is 9.69. The van der Waals surface area contributed by atoms with Crippen molar-refractivity contribution in [1.29, 1.82) is 0 Å². The quantitative estimate of drug-likeness (QED) is 0.897. The number of ether oxygens (including phenoxy) is 2. The third-order valence-electron chi connectivity index (χ3n) is 3.24. The molecule has 2 atom stereocenters. The highest BCUT2D eigenvalue weighted by molar-refractivity contribution is 5.48. The highest BCUT2D eigenvalue weighted by Gasteiger charge is 2.25. The predicted octanol–water partition coefficient (Wildman–Crippen LogP) is 2.65. The van der Waals surface area contributed by atoms with Crippen molar-refractivity contribution in [3.8, 4) is 11.5 Å². The van der Waals surface area contributed by atoms with Crippen LogP contribution in [0, 0.1) is 0 Å². The lowest BCUT2D eigenvalue weighted by molar-refractivity contribution is 0.125. The average Bonchev–Trinajstić information content (AvgIpc) is 2.88. The summed E-state index contributed by atoms with van der Waals surface area (Å²) in [5, 5.41) is 12.9. The van der Waals surface area contributed by atoms with Crippen LogP contribution in [0.5, 0.6) is 11.5 Å². The van der Waals surface area contributed by atoms with E-state index in [9.17, 15) is 5.11 Å². The predicted molar refractivity (Wildman–Crippen MR) is 77.2 cm³/mol. The minimum Gasteiger partial charge on any atom is -0.457 e. The Bertz CT molecular complexity index is 541. The Morgan fingerprint density at radius 3 is 2.30 bits per heavy atom. The number of aliphatic hydroxyl groups is 1. The summed E-state index contributed by atoms with van der Waals surface area (Å²) < 4.78 is 10.9. The zero-order chi connectivity index (χ0) is 13.8. The number of anilines is 1. The van der Waals surface area contributed by atoms with Gasteiger partial charge in [0.05, 0.1) is 25.4 Å². The number of nitrogens with one attached hydrogen (secondary N) is 1. The second-order valence-corrected chi connectivity index (χ2v) is 4.80. The molecule has 2 unspecified atom stereocenters. The Kier molecular flexibility index (Phi) is 3.85. The molecule has 20 heavy (non-hydrogen) atoms. The van der Waals surface area contributed by atoms with Gasteiger partial charge in [0.1, 0.15) is 11.5 Å². The van der Waals surface area contributed by atoms with Gasteiger partial charge in [0, 0.05) is 5.69 Å². The van der Waals surface area contributed by atoms with E-state index in [0.717, 1.165) is 17.2 Å². The first-order valence-electron chi connectivity index (χ1n) is 6.66. The number of aliphatic hydroxyl groups excluding tert-OH is 1. The summed E-state index contributed by atoms with van der Waals surface area (Å²) in [7, 11) is 0. The summed E-state index contributed by atoms with van der Waals surface area (Å²) in [6, 6.07) is 17.3. The largest absolute Gasteiger partial charge is 0.457 e. The number of benzene rings is 2. The molecule has 2 N–H and O–H groups in total. The molecule has 0 aliphatic carbocycles. The van der Waals surface area contributed by atoms with Crippen molar-refractivity contribution < 1.29 is 14.6 Å². The molecule has 0 saturated carbocycles. The molecule has 4 heteroatoms. The standard InChI is InChI=1S/C16H17NO3/c18-16-11-19-10-15(16)17-12-6-8-14(9-7-12)20-13-4-2-1-3-5-13/h1-9,15-18H,10-11H2. The van der Waals surface area contributed by atoms with E-state index in [1.54, 1.807) is 0 Å². The van der Waals surface area contributed by atoms with E-state index >= 15 is 0 Å². The molecular formula is C16H17NO3. The van der Waals surface area contributed by atoms with Gasteiger partial charge >= 0.3 is 0 Å². The van der Waals surface area contributed by atoms with Crippen LogP contribution in [0.2, 0.25) is 0 Å². The maximum Gasteiger partial charge on any atom is 0.127 e. The van der Waals surface area contributed by atoms with E-state index in [1.165, 1.54) is 0 Å². The van der Waals surface area contributed by atoms with Gasteiger partial charge in [0.2, 0.25) is 0 Å². The SMILES string of the molecule is OC1COCC1Nc1ccc(Oc2ccccc2)cc1. The lowest BCUT2D eigenvalue weighted by atomic mass is 10.2. The fraction of sp³-hybridized carbons (Fsp3) is 0.250. The van der Waals surface area contributed by atoms with Crippen molar-refractivity contribution in [2.45, 2.75) is 12.1 Å². The van der Waals surface area contributed by atoms with Gasteiger partial charge in [0.15, 0.2) is 0 Å². The molecule has 4 nitrogen and oxygen atoms in total. The Morgan fingerprint density at radius 1 is 0.950 bits per heavy atom. The molecule has 2 aromatic rings. The van der Waals surface area contributed by atoms with E-state index in [-0.39, 0.29) is 6.04 Å². The molecule has 2 aromatic carbocycles. The normalized spacial score (nSPS) is 21.6. The van der Waals surface area contributed by atoms with Crippen LogP contribution >= 0.6 is 0 Å². The van der Waals surface area contributed by atoms with Gasteiger partial charge in [0.25, 0.3) is 0 Å². The molecule has 1 fully saturated rings. The van der Waals surface area contributed by atoms with Crippen LogP contribution in [-0.2, 0) is 4.74 Å². The Hall–Kier alpha value is -2.04. The smallest absolute Gasteiger partial charge is 0.127 e. The molecule has 0 radical (unpaired) electrons. The third kappa shape index (κ3) is 3.10. The van der Waals surface area contributed by atoms with E-state index in [0.29, 0.717) is 13.2 Å². The number of rotatable bonds is 4. The first-order chi connectivity index (χ1) is 9.81. The van der Waals surface area contributed by atoms with Crippen molar-refractivity contribution in [2.75, 3.05) is 18.5 Å². The number of para-hydroxylation sites is 1. The highest BCUT2D eigenvalue weighted by atomic mass is 16.5. The molecule has 0 bridgehead atoms. The van der Waals surface area contributed by atoms with Gasteiger partial charge < -0.3 is 19.9 Å². The van der Waals surface area contributed by atoms with Gasteiger partial charge in [-0.3, -0.25) is 0 Å². The van der Waals surface area contributed by atoms with Crippen LogP contribution in [0.4, 0.5) is 5.69 Å². The first-order valence-corrected chi connectivity index (χ1v) is 6.66. The maximum atomic E-state index is 9.69. The van der Waals surface area contributed by atoms with E-state index in [4.69, 9.17) is 9.47 Å². The fourth-order valence-corrected chi connectivity index (χ4v) is 2.14. The zero-order valence-corrected chi connectivity index (χ0v) is 11.0. The van der Waals surface area contributed by atoms with Crippen LogP contribution in [0.25, 0.3) is 0 Å². The lowest BCUT2D eigenvalue weighted by Crippen LogP contribution is -2.31. The van der Waals surface area contributed by atoms with Crippen LogP contribution in [-0.4, -0.2) is 30.5 Å². The second kappa shape index (κ2) is 5.94. The summed E-state index contributed by atoms with van der Waals surface area (Å²) in [6.45, 7) is 0.927. The molecule has 1 aliphatic heterocycles. The minimum absolute atomic E-state index is 0.0455. The Morgan fingerprint density at radius 2 is 1.65 bits per heavy atom. The zero-order valence-electron chi connectivity index (χ0n) is 11.0.